The van der Waals surface area contributed by atoms with Gasteiger partial charge < -0.3 is 14.9 Å². The number of ether oxygens (including phenoxy) is 1. The van der Waals surface area contributed by atoms with Gasteiger partial charge in [0.15, 0.2) is 0 Å². The summed E-state index contributed by atoms with van der Waals surface area (Å²) in [6, 6.07) is 21.0. The van der Waals surface area contributed by atoms with Crippen LogP contribution in [0.3, 0.4) is 0 Å². The molecule has 3 aromatic rings. The van der Waals surface area contributed by atoms with Gasteiger partial charge in [-0.15, -0.1) is 0 Å². The van der Waals surface area contributed by atoms with Gasteiger partial charge >= 0.3 is 5.97 Å². The smallest absolute Gasteiger partial charge is 0.335 e. The molecule has 0 radical (unpaired) electrons. The van der Waals surface area contributed by atoms with Crippen molar-refractivity contribution in [3.63, 3.8) is 0 Å². The lowest BCUT2D eigenvalue weighted by molar-refractivity contribution is 0.0696. The molecule has 3 N–H and O–H groups in total. The molecule has 0 aliphatic carbocycles. The Morgan fingerprint density at radius 2 is 1.66 bits per heavy atom. The third-order valence-corrected chi connectivity index (χ3v) is 6.11. The zero-order valence-electron chi connectivity index (χ0n) is 16.8. The number of carbonyl (C=O) groups is 1. The van der Waals surface area contributed by atoms with Crippen LogP contribution in [0.2, 0.25) is 0 Å². The van der Waals surface area contributed by atoms with E-state index in [1.807, 2.05) is 36.4 Å². The number of benzene rings is 3. The third-order valence-electron chi connectivity index (χ3n) is 4.79. The SMILES string of the molecule is O=C(O)c1cccc(Cc2ccc(N3NC(O)=CS3(=O)=O)c(OCc3ccccc3)c2)c1. The Balaban J connectivity index is 1.66. The molecule has 0 bridgehead atoms. The maximum absolute atomic E-state index is 12.4. The van der Waals surface area contributed by atoms with Crippen LogP contribution in [0, 0.1) is 0 Å². The number of carboxylic acid groups (broad SMARTS) is 1. The minimum absolute atomic E-state index is 0.189. The van der Waals surface area contributed by atoms with Gasteiger partial charge in [0.2, 0.25) is 5.88 Å². The molecule has 4 rings (SSSR count). The number of anilines is 1. The molecular formula is C23H20N2O6S. The van der Waals surface area contributed by atoms with Crippen LogP contribution < -0.4 is 14.6 Å². The first-order valence-electron chi connectivity index (χ1n) is 9.66. The quantitative estimate of drug-likeness (QED) is 0.502. The van der Waals surface area contributed by atoms with Crippen LogP contribution in [0.5, 0.6) is 5.75 Å². The van der Waals surface area contributed by atoms with Gasteiger partial charge in [-0.3, -0.25) is 5.43 Å². The average molecular weight is 452 g/mol. The third kappa shape index (κ3) is 4.68. The van der Waals surface area contributed by atoms with E-state index in [9.17, 15) is 23.4 Å². The molecule has 0 amide bonds. The number of nitrogens with zero attached hydrogens (tertiary/aromatic N) is 1. The molecule has 0 atom stereocenters. The Kier molecular flexibility index (Phi) is 5.74. The first-order valence-corrected chi connectivity index (χ1v) is 11.2. The molecule has 0 saturated heterocycles. The lowest BCUT2D eigenvalue weighted by atomic mass is 10.0. The van der Waals surface area contributed by atoms with Crippen LogP contribution >= 0.6 is 0 Å². The van der Waals surface area contributed by atoms with Crippen molar-refractivity contribution in [3.8, 4) is 5.75 Å². The van der Waals surface area contributed by atoms with E-state index in [-0.39, 0.29) is 17.9 Å². The average Bonchev–Trinajstić information content (AvgIpc) is 3.05. The summed E-state index contributed by atoms with van der Waals surface area (Å²) in [5, 5.41) is 19.6. The monoisotopic (exact) mass is 452 g/mol. The molecule has 0 fully saturated rings. The molecule has 3 aromatic carbocycles. The minimum Gasteiger partial charge on any atom is -0.493 e. The van der Waals surface area contributed by atoms with Gasteiger partial charge in [0.1, 0.15) is 23.5 Å². The maximum atomic E-state index is 12.4. The summed E-state index contributed by atoms with van der Waals surface area (Å²) in [4.78, 5) is 11.2. The van der Waals surface area contributed by atoms with Gasteiger partial charge in [-0.25, -0.2) is 4.79 Å². The number of hydrogen-bond acceptors (Lipinski definition) is 6. The van der Waals surface area contributed by atoms with Crippen LogP contribution in [0.4, 0.5) is 5.69 Å². The zero-order chi connectivity index (χ0) is 22.7. The number of nitrogens with one attached hydrogen (secondary N) is 1. The number of rotatable bonds is 7. The Morgan fingerprint density at radius 3 is 2.34 bits per heavy atom. The molecular weight excluding hydrogens is 432 g/mol. The first kappa shape index (κ1) is 21.3. The van der Waals surface area contributed by atoms with Crippen LogP contribution in [-0.2, 0) is 23.1 Å². The fourth-order valence-electron chi connectivity index (χ4n) is 3.32. The Morgan fingerprint density at radius 1 is 0.938 bits per heavy atom. The predicted octanol–water partition coefficient (Wildman–Crippen LogP) is 3.57. The Labute approximate surface area is 185 Å². The van der Waals surface area contributed by atoms with Crippen LogP contribution in [0.25, 0.3) is 0 Å². The van der Waals surface area contributed by atoms with E-state index in [2.05, 4.69) is 5.43 Å². The van der Waals surface area contributed by atoms with E-state index in [4.69, 9.17) is 4.74 Å². The lowest BCUT2D eigenvalue weighted by Crippen LogP contribution is -2.35. The van der Waals surface area contributed by atoms with E-state index in [0.29, 0.717) is 12.2 Å². The number of aromatic carboxylic acids is 1. The second-order valence-corrected chi connectivity index (χ2v) is 8.81. The Bertz CT molecular complexity index is 1290. The van der Waals surface area contributed by atoms with Gasteiger partial charge in [-0.1, -0.05) is 48.5 Å². The summed E-state index contributed by atoms with van der Waals surface area (Å²) >= 11 is 0. The number of aliphatic hydroxyl groups is 1. The van der Waals surface area contributed by atoms with E-state index in [0.717, 1.165) is 26.5 Å². The molecule has 1 aliphatic heterocycles. The van der Waals surface area contributed by atoms with Crippen molar-refractivity contribution >= 4 is 21.7 Å². The maximum Gasteiger partial charge on any atom is 0.335 e. The number of hydrogen-bond donors (Lipinski definition) is 3. The molecule has 9 heteroatoms. The van der Waals surface area contributed by atoms with E-state index in [1.54, 1.807) is 30.3 Å². The molecule has 0 unspecified atom stereocenters. The van der Waals surface area contributed by atoms with Gasteiger partial charge in [0, 0.05) is 0 Å². The normalized spacial score (nSPS) is 14.5. The van der Waals surface area contributed by atoms with Gasteiger partial charge in [-0.05, 0) is 47.4 Å². The summed E-state index contributed by atoms with van der Waals surface area (Å²) in [5.74, 6) is -1.21. The second-order valence-electron chi connectivity index (χ2n) is 7.18. The highest BCUT2D eigenvalue weighted by Gasteiger charge is 2.31. The first-order chi connectivity index (χ1) is 15.3. The molecule has 0 aromatic heterocycles. The summed E-state index contributed by atoms with van der Waals surface area (Å²) in [7, 11) is -3.92. The fraction of sp³-hybridized carbons (Fsp3) is 0.0870. The molecule has 164 valence electrons. The number of sulfonamides is 1. The number of hydrazine groups is 1. The summed E-state index contributed by atoms with van der Waals surface area (Å²) < 4.78 is 31.6. The van der Waals surface area contributed by atoms with Crippen molar-refractivity contribution in [1.82, 2.24) is 5.43 Å². The second kappa shape index (κ2) is 8.64. The minimum atomic E-state index is -3.92. The van der Waals surface area contributed by atoms with E-state index < -0.39 is 21.9 Å². The number of aliphatic hydroxyl groups excluding tert-OH is 1. The Hall–Kier alpha value is -3.98. The van der Waals surface area contributed by atoms with Gasteiger partial charge in [-0.2, -0.15) is 12.8 Å². The van der Waals surface area contributed by atoms with E-state index in [1.165, 1.54) is 6.07 Å². The molecule has 1 aliphatic rings. The molecule has 0 spiro atoms. The predicted molar refractivity (Wildman–Crippen MR) is 119 cm³/mol. The highest BCUT2D eigenvalue weighted by atomic mass is 32.2. The zero-order valence-corrected chi connectivity index (χ0v) is 17.6. The van der Waals surface area contributed by atoms with Crippen molar-refractivity contribution < 1.29 is 28.2 Å². The van der Waals surface area contributed by atoms with Crippen molar-refractivity contribution in [2.75, 3.05) is 4.41 Å². The molecule has 8 nitrogen and oxygen atoms in total. The van der Waals surface area contributed by atoms with Gasteiger partial charge in [0.25, 0.3) is 10.0 Å². The summed E-state index contributed by atoms with van der Waals surface area (Å²) in [5.41, 5.74) is 5.29. The van der Waals surface area contributed by atoms with Crippen molar-refractivity contribution in [1.29, 1.82) is 0 Å². The molecule has 32 heavy (non-hydrogen) atoms. The van der Waals surface area contributed by atoms with Crippen LogP contribution in [0.15, 0.2) is 84.1 Å². The highest BCUT2D eigenvalue weighted by Crippen LogP contribution is 2.34. The lowest BCUT2D eigenvalue weighted by Gasteiger charge is -2.21. The number of carboxylic acids is 1. The standard InChI is InChI=1S/C23H20N2O6S/c26-22-15-32(29,30)25(24-22)20-10-9-18(11-17-7-4-8-19(12-17)23(27)28)13-21(20)31-14-16-5-2-1-3-6-16/h1-10,12-13,15,24,26H,11,14H2,(H,27,28). The largest absolute Gasteiger partial charge is 0.493 e. The molecule has 1 heterocycles. The van der Waals surface area contributed by atoms with Crippen molar-refractivity contribution in [2.24, 2.45) is 0 Å². The van der Waals surface area contributed by atoms with Crippen molar-refractivity contribution in [3.05, 3.63) is 106 Å². The molecule has 0 saturated carbocycles. The topological polar surface area (TPSA) is 116 Å². The van der Waals surface area contributed by atoms with Gasteiger partial charge in [0.05, 0.1) is 5.56 Å². The summed E-state index contributed by atoms with van der Waals surface area (Å²) in [6.45, 7) is 0.207. The van der Waals surface area contributed by atoms with E-state index >= 15 is 0 Å². The van der Waals surface area contributed by atoms with Crippen LogP contribution in [-0.4, -0.2) is 24.6 Å². The highest BCUT2D eigenvalue weighted by molar-refractivity contribution is 7.95. The van der Waals surface area contributed by atoms with Crippen molar-refractivity contribution in [2.45, 2.75) is 13.0 Å². The van der Waals surface area contributed by atoms with Crippen LogP contribution in [0.1, 0.15) is 27.0 Å². The summed E-state index contributed by atoms with van der Waals surface area (Å²) in [6.07, 6.45) is 0.423. The fourth-order valence-corrected chi connectivity index (χ4v) is 4.41.